The van der Waals surface area contributed by atoms with Gasteiger partial charge in [0.15, 0.2) is 5.96 Å². The number of halogens is 1. The minimum absolute atomic E-state index is 0. The van der Waals surface area contributed by atoms with Gasteiger partial charge in [-0.2, -0.15) is 0 Å². The number of aryl methyl sites for hydroxylation is 1. The lowest BCUT2D eigenvalue weighted by Gasteiger charge is -2.35. The number of nitrogens with one attached hydrogen (secondary N) is 2. The molecule has 1 unspecified atom stereocenters. The van der Waals surface area contributed by atoms with Crippen molar-refractivity contribution in [2.45, 2.75) is 38.8 Å². The number of thiazole rings is 1. The summed E-state index contributed by atoms with van der Waals surface area (Å²) in [6.45, 7) is 4.84. The maximum atomic E-state index is 5.36. The van der Waals surface area contributed by atoms with Gasteiger partial charge < -0.3 is 20.3 Å². The Kier molecular flexibility index (Phi) is 9.30. The highest BCUT2D eigenvalue weighted by molar-refractivity contribution is 14.0. The van der Waals surface area contributed by atoms with Crippen molar-refractivity contribution in [2.75, 3.05) is 32.1 Å². The normalized spacial score (nSPS) is 17.0. The van der Waals surface area contributed by atoms with Gasteiger partial charge >= 0.3 is 0 Å². The molecule has 2 aromatic rings. The molecule has 0 saturated carbocycles. The van der Waals surface area contributed by atoms with Crippen LogP contribution in [0.5, 0.6) is 5.75 Å². The zero-order chi connectivity index (χ0) is 19.1. The van der Waals surface area contributed by atoms with Crippen molar-refractivity contribution >= 4 is 47.0 Å². The second-order valence-electron chi connectivity index (χ2n) is 6.64. The van der Waals surface area contributed by atoms with Crippen LogP contribution < -0.4 is 20.3 Å². The smallest absolute Gasteiger partial charge is 0.191 e. The summed E-state index contributed by atoms with van der Waals surface area (Å²) in [6.07, 6.45) is 3.27. The van der Waals surface area contributed by atoms with E-state index in [0.29, 0.717) is 12.6 Å². The number of benzene rings is 1. The van der Waals surface area contributed by atoms with Crippen molar-refractivity contribution in [1.82, 2.24) is 15.6 Å². The van der Waals surface area contributed by atoms with Crippen LogP contribution in [0.3, 0.4) is 0 Å². The third kappa shape index (κ3) is 6.23. The Morgan fingerprint density at radius 3 is 3.00 bits per heavy atom. The molecule has 0 radical (unpaired) electrons. The van der Waals surface area contributed by atoms with Crippen molar-refractivity contribution in [1.29, 1.82) is 0 Å². The lowest BCUT2D eigenvalue weighted by Crippen LogP contribution is -2.51. The summed E-state index contributed by atoms with van der Waals surface area (Å²) in [5.74, 6) is 1.73. The first-order chi connectivity index (χ1) is 13.2. The molecule has 1 saturated heterocycles. The molecule has 1 atom stereocenters. The van der Waals surface area contributed by atoms with Crippen molar-refractivity contribution in [3.8, 4) is 5.75 Å². The summed E-state index contributed by atoms with van der Waals surface area (Å²) >= 11 is 1.72. The molecule has 1 aromatic carbocycles. The number of aliphatic imine (C=N–C) groups is 1. The number of aromatic nitrogens is 1. The predicted octanol–water partition coefficient (Wildman–Crippen LogP) is 3.67. The molecular formula is C20H30IN5OS. The van der Waals surface area contributed by atoms with Crippen molar-refractivity contribution in [3.05, 3.63) is 40.3 Å². The van der Waals surface area contributed by atoms with E-state index in [1.807, 2.05) is 19.2 Å². The van der Waals surface area contributed by atoms with E-state index in [9.17, 15) is 0 Å². The van der Waals surface area contributed by atoms with Crippen LogP contribution in [-0.2, 0) is 13.0 Å². The largest absolute Gasteiger partial charge is 0.497 e. The van der Waals surface area contributed by atoms with Crippen LogP contribution in [0, 0.1) is 0 Å². The Morgan fingerprint density at radius 2 is 2.29 bits per heavy atom. The molecule has 1 aromatic heterocycles. The predicted molar refractivity (Wildman–Crippen MR) is 128 cm³/mol. The zero-order valence-corrected chi connectivity index (χ0v) is 19.9. The highest BCUT2D eigenvalue weighted by atomic mass is 127. The number of methoxy groups -OCH3 is 1. The van der Waals surface area contributed by atoms with Crippen LogP contribution in [-0.4, -0.2) is 44.2 Å². The molecule has 154 valence electrons. The first-order valence-electron chi connectivity index (χ1n) is 9.51. The SMILES string of the molecule is CCc1nc(CNC(=NC)NC2CCCN(c3cccc(OC)c3)C2)cs1.I. The van der Waals surface area contributed by atoms with Gasteiger partial charge in [-0.15, -0.1) is 35.3 Å². The third-order valence-electron chi connectivity index (χ3n) is 4.74. The monoisotopic (exact) mass is 515 g/mol. The summed E-state index contributed by atoms with van der Waals surface area (Å²) in [6, 6.07) is 8.63. The number of anilines is 1. The molecule has 8 heteroatoms. The fourth-order valence-electron chi connectivity index (χ4n) is 3.29. The average Bonchev–Trinajstić information content (AvgIpc) is 3.19. The number of hydrogen-bond donors (Lipinski definition) is 2. The Labute approximate surface area is 188 Å². The van der Waals surface area contributed by atoms with Gasteiger partial charge in [-0.1, -0.05) is 13.0 Å². The first kappa shape index (κ1) is 22.7. The molecule has 1 aliphatic heterocycles. The van der Waals surface area contributed by atoms with Crippen LogP contribution in [0.15, 0.2) is 34.6 Å². The Morgan fingerprint density at radius 1 is 1.43 bits per heavy atom. The molecule has 28 heavy (non-hydrogen) atoms. The Bertz CT molecular complexity index is 767. The molecule has 3 rings (SSSR count). The number of piperidine rings is 1. The van der Waals surface area contributed by atoms with Gasteiger partial charge in [0.05, 0.1) is 24.4 Å². The third-order valence-corrected chi connectivity index (χ3v) is 5.78. The van der Waals surface area contributed by atoms with E-state index >= 15 is 0 Å². The molecule has 0 amide bonds. The summed E-state index contributed by atoms with van der Waals surface area (Å²) in [4.78, 5) is 11.4. The summed E-state index contributed by atoms with van der Waals surface area (Å²) in [5, 5.41) is 10.2. The minimum atomic E-state index is 0. The fourth-order valence-corrected chi connectivity index (χ4v) is 4.04. The number of rotatable bonds is 6. The second-order valence-corrected chi connectivity index (χ2v) is 7.59. The van der Waals surface area contributed by atoms with Crippen LogP contribution in [0.25, 0.3) is 0 Å². The highest BCUT2D eigenvalue weighted by Gasteiger charge is 2.21. The highest BCUT2D eigenvalue weighted by Crippen LogP contribution is 2.24. The van der Waals surface area contributed by atoms with Crippen LogP contribution >= 0.6 is 35.3 Å². The standard InChI is InChI=1S/C20H29N5OS.HI/c1-4-19-23-16(14-27-19)12-22-20(21-2)24-15-7-6-10-25(13-15)17-8-5-9-18(11-17)26-3;/h5,8-9,11,14-15H,4,6-7,10,12-13H2,1-3H3,(H2,21,22,24);1H. The number of nitrogens with zero attached hydrogens (tertiary/aromatic N) is 3. The Balaban J connectivity index is 0.00000280. The van der Waals surface area contributed by atoms with E-state index < -0.39 is 0 Å². The summed E-state index contributed by atoms with van der Waals surface area (Å²) < 4.78 is 5.36. The molecular weight excluding hydrogens is 485 g/mol. The van der Waals surface area contributed by atoms with Crippen LogP contribution in [0.4, 0.5) is 5.69 Å². The Hall–Kier alpha value is -1.55. The number of ether oxygens (including phenoxy) is 1. The number of guanidine groups is 1. The van der Waals surface area contributed by atoms with Gasteiger partial charge in [0.1, 0.15) is 5.75 Å². The van der Waals surface area contributed by atoms with Crippen molar-refractivity contribution < 1.29 is 4.74 Å². The van der Waals surface area contributed by atoms with Gasteiger partial charge in [-0.05, 0) is 31.4 Å². The van der Waals surface area contributed by atoms with Gasteiger partial charge in [0.25, 0.3) is 0 Å². The van der Waals surface area contributed by atoms with Crippen LogP contribution in [0.2, 0.25) is 0 Å². The molecule has 1 fully saturated rings. The van der Waals surface area contributed by atoms with E-state index in [2.05, 4.69) is 49.9 Å². The molecule has 0 aliphatic carbocycles. The second kappa shape index (κ2) is 11.5. The maximum absolute atomic E-state index is 5.36. The van der Waals surface area contributed by atoms with E-state index in [1.165, 1.54) is 10.7 Å². The molecule has 2 N–H and O–H groups in total. The molecule has 0 bridgehead atoms. The molecule has 6 nitrogen and oxygen atoms in total. The number of hydrogen-bond acceptors (Lipinski definition) is 5. The summed E-state index contributed by atoms with van der Waals surface area (Å²) in [5.41, 5.74) is 2.28. The molecule has 2 heterocycles. The quantitative estimate of drug-likeness (QED) is 0.350. The average molecular weight is 515 g/mol. The van der Waals surface area contributed by atoms with Gasteiger partial charge in [0, 0.05) is 43.3 Å². The zero-order valence-electron chi connectivity index (χ0n) is 16.8. The van der Waals surface area contributed by atoms with Crippen molar-refractivity contribution in [2.24, 2.45) is 4.99 Å². The fraction of sp³-hybridized carbons (Fsp3) is 0.500. The van der Waals surface area contributed by atoms with Crippen LogP contribution in [0.1, 0.15) is 30.5 Å². The topological polar surface area (TPSA) is 61.8 Å². The minimum Gasteiger partial charge on any atom is -0.497 e. The van der Waals surface area contributed by atoms with Gasteiger partial charge in [-0.25, -0.2) is 4.98 Å². The van der Waals surface area contributed by atoms with E-state index in [0.717, 1.165) is 49.8 Å². The molecule has 0 spiro atoms. The van der Waals surface area contributed by atoms with E-state index in [4.69, 9.17) is 4.74 Å². The van der Waals surface area contributed by atoms with Gasteiger partial charge in [-0.3, -0.25) is 4.99 Å². The summed E-state index contributed by atoms with van der Waals surface area (Å²) in [7, 11) is 3.53. The van der Waals surface area contributed by atoms with Gasteiger partial charge in [0.2, 0.25) is 0 Å². The molecule has 1 aliphatic rings. The van der Waals surface area contributed by atoms with E-state index in [-0.39, 0.29) is 24.0 Å². The van der Waals surface area contributed by atoms with Crippen molar-refractivity contribution in [3.63, 3.8) is 0 Å². The lowest BCUT2D eigenvalue weighted by atomic mass is 10.0. The lowest BCUT2D eigenvalue weighted by molar-refractivity contribution is 0.414. The first-order valence-corrected chi connectivity index (χ1v) is 10.4. The van der Waals surface area contributed by atoms with E-state index in [1.54, 1.807) is 18.4 Å². The maximum Gasteiger partial charge on any atom is 0.191 e.